The van der Waals surface area contributed by atoms with Crippen LogP contribution in [0.15, 0.2) is 48.8 Å². The zero-order valence-electron chi connectivity index (χ0n) is 14.5. The van der Waals surface area contributed by atoms with Gasteiger partial charge in [0.1, 0.15) is 11.6 Å². The molecule has 1 aliphatic rings. The first-order chi connectivity index (χ1) is 13.5. The third kappa shape index (κ3) is 3.59. The molecule has 28 heavy (non-hydrogen) atoms. The van der Waals surface area contributed by atoms with E-state index in [9.17, 15) is 18.0 Å². The molecule has 0 radical (unpaired) electrons. The van der Waals surface area contributed by atoms with Crippen LogP contribution in [0.5, 0.6) is 5.75 Å². The predicted molar refractivity (Wildman–Crippen MR) is 93.5 cm³/mol. The van der Waals surface area contributed by atoms with Crippen LogP contribution in [-0.2, 0) is 17.9 Å². The second-order valence-corrected chi connectivity index (χ2v) is 6.33. The lowest BCUT2D eigenvalue weighted by Crippen LogP contribution is -2.29. The zero-order valence-corrected chi connectivity index (χ0v) is 14.5. The topological polar surface area (TPSA) is 55.3 Å². The minimum atomic E-state index is -1.53. The highest BCUT2D eigenvalue weighted by atomic mass is 19.2. The lowest BCUT2D eigenvalue weighted by Gasteiger charge is -2.17. The van der Waals surface area contributed by atoms with Crippen molar-refractivity contribution in [2.45, 2.75) is 13.1 Å². The van der Waals surface area contributed by atoms with Crippen molar-refractivity contribution < 1.29 is 22.7 Å². The molecule has 0 saturated carbocycles. The number of ether oxygens (including phenoxy) is 1. The summed E-state index contributed by atoms with van der Waals surface area (Å²) in [7, 11) is 0. The third-order valence-corrected chi connectivity index (χ3v) is 4.36. The van der Waals surface area contributed by atoms with Gasteiger partial charge in [-0.2, -0.15) is 0 Å². The Morgan fingerprint density at radius 2 is 1.79 bits per heavy atom. The Kier molecular flexibility index (Phi) is 4.79. The fourth-order valence-electron chi connectivity index (χ4n) is 3.08. The van der Waals surface area contributed by atoms with Crippen molar-refractivity contribution in [1.29, 1.82) is 0 Å². The molecule has 0 aliphatic carbocycles. The molecule has 0 spiro atoms. The van der Waals surface area contributed by atoms with E-state index in [2.05, 4.69) is 9.97 Å². The number of carbonyl (C=O) groups is 1. The van der Waals surface area contributed by atoms with Crippen molar-refractivity contribution >= 4 is 5.97 Å². The lowest BCUT2D eigenvalue weighted by atomic mass is 10.0. The predicted octanol–water partition coefficient (Wildman–Crippen LogP) is 3.48. The third-order valence-electron chi connectivity index (χ3n) is 4.36. The van der Waals surface area contributed by atoms with Gasteiger partial charge in [-0.3, -0.25) is 9.69 Å². The van der Waals surface area contributed by atoms with Gasteiger partial charge >= 0.3 is 5.97 Å². The molecule has 8 heteroatoms. The second-order valence-electron chi connectivity index (χ2n) is 6.33. The summed E-state index contributed by atoms with van der Waals surface area (Å²) in [6, 6.07) is 8.36. The van der Waals surface area contributed by atoms with Gasteiger partial charge in [-0.05, 0) is 35.9 Å². The zero-order chi connectivity index (χ0) is 19.7. The summed E-state index contributed by atoms with van der Waals surface area (Å²) < 4.78 is 46.3. The van der Waals surface area contributed by atoms with Crippen LogP contribution in [0.1, 0.15) is 11.4 Å². The lowest BCUT2D eigenvalue weighted by molar-refractivity contribution is -0.135. The van der Waals surface area contributed by atoms with E-state index >= 15 is 0 Å². The summed E-state index contributed by atoms with van der Waals surface area (Å²) in [5.74, 6) is -3.60. The summed E-state index contributed by atoms with van der Waals surface area (Å²) in [4.78, 5) is 22.2. The number of rotatable bonds is 3. The molecular weight excluding hydrogens is 371 g/mol. The van der Waals surface area contributed by atoms with Crippen LogP contribution in [0.3, 0.4) is 0 Å². The first kappa shape index (κ1) is 18.1. The highest BCUT2D eigenvalue weighted by Crippen LogP contribution is 2.32. The standard InChI is InChI=1S/C20H14F3N3O2/c21-15-4-3-14(19(22)20(15)23)12-2-5-16-13(8-12)9-26(11-18(27)28-16)10-17-24-6-1-7-25-17/h1-8H,9-11H2. The van der Waals surface area contributed by atoms with E-state index in [0.717, 1.165) is 6.07 Å². The molecule has 1 aromatic heterocycles. The fourth-order valence-corrected chi connectivity index (χ4v) is 3.08. The average Bonchev–Trinajstić information content (AvgIpc) is 2.83. The maximum Gasteiger partial charge on any atom is 0.325 e. The van der Waals surface area contributed by atoms with E-state index in [-0.39, 0.29) is 12.1 Å². The van der Waals surface area contributed by atoms with Gasteiger partial charge < -0.3 is 4.74 Å². The Hall–Kier alpha value is -3.26. The molecule has 142 valence electrons. The van der Waals surface area contributed by atoms with Crippen molar-refractivity contribution in [1.82, 2.24) is 14.9 Å². The molecule has 0 N–H and O–H groups in total. The molecule has 4 rings (SSSR count). The maximum atomic E-state index is 14.2. The number of hydrogen-bond donors (Lipinski definition) is 0. The van der Waals surface area contributed by atoms with Gasteiger partial charge in [0.05, 0.1) is 13.1 Å². The number of aromatic nitrogens is 2. The van der Waals surface area contributed by atoms with E-state index < -0.39 is 23.4 Å². The molecule has 2 heterocycles. The van der Waals surface area contributed by atoms with Crippen molar-refractivity contribution in [2.24, 2.45) is 0 Å². The van der Waals surface area contributed by atoms with Gasteiger partial charge in [0, 0.05) is 30.1 Å². The summed E-state index contributed by atoms with van der Waals surface area (Å²) in [6.45, 7) is 0.666. The van der Waals surface area contributed by atoms with Gasteiger partial charge in [-0.15, -0.1) is 0 Å². The SMILES string of the molecule is O=C1CN(Cc2ncccn2)Cc2cc(-c3ccc(F)c(F)c3F)ccc2O1. The van der Waals surface area contributed by atoms with E-state index in [1.165, 1.54) is 18.2 Å². The molecule has 5 nitrogen and oxygen atoms in total. The molecule has 0 saturated heterocycles. The van der Waals surface area contributed by atoms with Gasteiger partial charge in [-0.1, -0.05) is 6.07 Å². The minimum Gasteiger partial charge on any atom is -0.425 e. The summed E-state index contributed by atoms with van der Waals surface area (Å²) in [5, 5.41) is 0. The van der Waals surface area contributed by atoms with Crippen molar-refractivity contribution in [3.05, 3.63) is 77.6 Å². The quantitative estimate of drug-likeness (QED) is 0.393. The number of carbonyl (C=O) groups excluding carboxylic acids is 1. The molecule has 0 bridgehead atoms. The molecule has 1 aliphatic heterocycles. The first-order valence-electron chi connectivity index (χ1n) is 8.47. The number of nitrogens with zero attached hydrogens (tertiary/aromatic N) is 3. The monoisotopic (exact) mass is 385 g/mol. The minimum absolute atomic E-state index is 0.0296. The number of benzene rings is 2. The van der Waals surface area contributed by atoms with Crippen molar-refractivity contribution in [3.63, 3.8) is 0 Å². The van der Waals surface area contributed by atoms with E-state index in [0.29, 0.717) is 35.8 Å². The van der Waals surface area contributed by atoms with Gasteiger partial charge in [0.2, 0.25) is 0 Å². The Morgan fingerprint density at radius 3 is 2.57 bits per heavy atom. The molecule has 3 aromatic rings. The normalized spacial score (nSPS) is 14.3. The van der Waals surface area contributed by atoms with Gasteiger partial charge in [-0.25, -0.2) is 23.1 Å². The molecule has 0 atom stereocenters. The van der Waals surface area contributed by atoms with Crippen molar-refractivity contribution in [3.8, 4) is 16.9 Å². The largest absolute Gasteiger partial charge is 0.425 e. The van der Waals surface area contributed by atoms with Crippen LogP contribution in [-0.4, -0.2) is 27.4 Å². The molecular formula is C20H14F3N3O2. The molecule has 0 unspecified atom stereocenters. The maximum absolute atomic E-state index is 14.2. The first-order valence-corrected chi connectivity index (χ1v) is 8.47. The highest BCUT2D eigenvalue weighted by Gasteiger charge is 2.23. The number of halogens is 3. The van der Waals surface area contributed by atoms with E-state index in [4.69, 9.17) is 4.74 Å². The second kappa shape index (κ2) is 7.40. The number of fused-ring (bicyclic) bond motifs is 1. The Labute approximate surface area is 158 Å². The van der Waals surface area contributed by atoms with Crippen LogP contribution < -0.4 is 4.74 Å². The van der Waals surface area contributed by atoms with Gasteiger partial charge in [0.25, 0.3) is 0 Å². The molecule has 2 aromatic carbocycles. The number of hydrogen-bond acceptors (Lipinski definition) is 5. The number of esters is 1. The molecule has 0 amide bonds. The summed E-state index contributed by atoms with van der Waals surface area (Å²) in [6.07, 6.45) is 3.22. The van der Waals surface area contributed by atoms with Crippen molar-refractivity contribution in [2.75, 3.05) is 6.54 Å². The fraction of sp³-hybridized carbons (Fsp3) is 0.150. The highest BCUT2D eigenvalue weighted by molar-refractivity contribution is 5.76. The Bertz CT molecular complexity index is 1040. The average molecular weight is 385 g/mol. The van der Waals surface area contributed by atoms with Crippen LogP contribution in [0.2, 0.25) is 0 Å². The van der Waals surface area contributed by atoms with Crippen LogP contribution in [0.4, 0.5) is 13.2 Å². The van der Waals surface area contributed by atoms with E-state index in [1.54, 1.807) is 29.4 Å². The van der Waals surface area contributed by atoms with Gasteiger partial charge in [0.15, 0.2) is 17.5 Å². The molecule has 0 fully saturated rings. The Morgan fingerprint density at radius 1 is 1.00 bits per heavy atom. The summed E-state index contributed by atoms with van der Waals surface area (Å²) >= 11 is 0. The summed E-state index contributed by atoms with van der Waals surface area (Å²) in [5.41, 5.74) is 0.891. The van der Waals surface area contributed by atoms with Crippen LogP contribution >= 0.6 is 0 Å². The smallest absolute Gasteiger partial charge is 0.325 e. The van der Waals surface area contributed by atoms with E-state index in [1.807, 2.05) is 0 Å². The van der Waals surface area contributed by atoms with Crippen LogP contribution in [0, 0.1) is 17.5 Å². The Balaban J connectivity index is 1.68. The van der Waals surface area contributed by atoms with Crippen LogP contribution in [0.25, 0.3) is 11.1 Å².